The fourth-order valence-corrected chi connectivity index (χ4v) is 2.14. The van der Waals surface area contributed by atoms with Crippen LogP contribution in [0.3, 0.4) is 0 Å². The van der Waals surface area contributed by atoms with Gasteiger partial charge in [0.1, 0.15) is 16.7 Å². The fraction of sp³-hybridized carbons (Fsp3) is 0.400. The minimum absolute atomic E-state index is 0.162. The molecule has 0 aromatic heterocycles. The van der Waals surface area contributed by atoms with Gasteiger partial charge in [-0.05, 0) is 6.07 Å². The summed E-state index contributed by atoms with van der Waals surface area (Å²) in [4.78, 5) is 0. The molecule has 0 saturated heterocycles. The summed E-state index contributed by atoms with van der Waals surface area (Å²) >= 11 is 5.35. The van der Waals surface area contributed by atoms with Crippen molar-refractivity contribution in [1.29, 1.82) is 0 Å². The van der Waals surface area contributed by atoms with E-state index in [0.717, 1.165) is 12.1 Å². The number of hydrogen-bond acceptors (Lipinski definition) is 1. The molecule has 1 fully saturated rings. The topological polar surface area (TPSA) is 26.0 Å². The second-order valence-electron chi connectivity index (χ2n) is 4.09. The number of hydrogen-bond donors (Lipinski definition) is 1. The lowest BCUT2D eigenvalue weighted by Gasteiger charge is -2.44. The van der Waals surface area contributed by atoms with Crippen molar-refractivity contribution in [2.24, 2.45) is 5.73 Å². The highest BCUT2D eigenvalue weighted by atomic mass is 35.5. The first-order valence-corrected chi connectivity index (χ1v) is 4.94. The summed E-state index contributed by atoms with van der Waals surface area (Å²) in [6, 6.07) is 1.98. The summed E-state index contributed by atoms with van der Waals surface area (Å²) in [5.74, 6) is -4.88. The number of halogens is 5. The molecule has 1 saturated carbocycles. The Balaban J connectivity index is 2.40. The molecular formula is C10H8ClF4N. The Hall–Kier alpha value is -0.810. The van der Waals surface area contributed by atoms with Crippen LogP contribution in [0.5, 0.6) is 0 Å². The Morgan fingerprint density at radius 3 is 2.25 bits per heavy atom. The average Bonchev–Trinajstić information content (AvgIpc) is 2.10. The van der Waals surface area contributed by atoms with Crippen LogP contribution in [-0.2, 0) is 5.54 Å². The maximum absolute atomic E-state index is 13.5. The highest BCUT2D eigenvalue weighted by Gasteiger charge is 2.56. The van der Waals surface area contributed by atoms with Crippen LogP contribution in [0.25, 0.3) is 0 Å². The third kappa shape index (κ3) is 1.68. The van der Waals surface area contributed by atoms with Gasteiger partial charge in [0, 0.05) is 18.4 Å². The first kappa shape index (κ1) is 11.7. The molecule has 0 unspecified atom stereocenters. The number of nitrogens with two attached hydrogens (primary N) is 1. The van der Waals surface area contributed by atoms with Crippen LogP contribution in [0.2, 0.25) is 5.02 Å². The molecule has 2 N–H and O–H groups in total. The minimum Gasteiger partial charge on any atom is -0.321 e. The fourth-order valence-electron chi connectivity index (χ4n) is 1.97. The molecule has 6 heteroatoms. The lowest BCUT2D eigenvalue weighted by Crippen LogP contribution is -2.56. The number of benzene rings is 1. The summed E-state index contributed by atoms with van der Waals surface area (Å²) in [5, 5.41) is -0.711. The van der Waals surface area contributed by atoms with Crippen LogP contribution >= 0.6 is 11.6 Å². The molecule has 1 aromatic carbocycles. The normalized spacial score (nSPS) is 21.6. The van der Waals surface area contributed by atoms with Gasteiger partial charge in [-0.2, -0.15) is 0 Å². The molecular weight excluding hydrogens is 246 g/mol. The molecule has 0 radical (unpaired) electrons. The Morgan fingerprint density at radius 1 is 1.19 bits per heavy atom. The molecule has 1 aliphatic carbocycles. The maximum atomic E-state index is 13.5. The van der Waals surface area contributed by atoms with Crippen LogP contribution in [-0.4, -0.2) is 5.92 Å². The number of alkyl halides is 2. The second-order valence-corrected chi connectivity index (χ2v) is 4.47. The molecule has 1 aromatic rings. The molecule has 2 rings (SSSR count). The lowest BCUT2D eigenvalue weighted by atomic mass is 9.69. The Morgan fingerprint density at radius 2 is 1.75 bits per heavy atom. The van der Waals surface area contributed by atoms with Crippen LogP contribution in [0.4, 0.5) is 17.6 Å². The van der Waals surface area contributed by atoms with Gasteiger partial charge in [0.15, 0.2) is 0 Å². The standard InChI is InChI=1S/C10H8ClF4N/c11-7-6(12)2-1-5(8(7)13)9(16)3-10(14,15)4-9/h1-2H,3-4,16H2. The predicted molar refractivity (Wildman–Crippen MR) is 51.4 cm³/mol. The van der Waals surface area contributed by atoms with E-state index in [9.17, 15) is 17.6 Å². The van der Waals surface area contributed by atoms with Gasteiger partial charge >= 0.3 is 0 Å². The second kappa shape index (κ2) is 3.34. The Labute approximate surface area is 94.2 Å². The lowest BCUT2D eigenvalue weighted by molar-refractivity contribution is -0.125. The van der Waals surface area contributed by atoms with Gasteiger partial charge in [0.25, 0.3) is 5.92 Å². The van der Waals surface area contributed by atoms with E-state index in [1.807, 2.05) is 0 Å². The van der Waals surface area contributed by atoms with E-state index in [1.54, 1.807) is 0 Å². The van der Waals surface area contributed by atoms with Crippen molar-refractivity contribution in [3.63, 3.8) is 0 Å². The van der Waals surface area contributed by atoms with Gasteiger partial charge in [-0.3, -0.25) is 0 Å². The zero-order chi connectivity index (χ0) is 12.1. The van der Waals surface area contributed by atoms with Crippen LogP contribution in [0, 0.1) is 11.6 Å². The largest absolute Gasteiger partial charge is 0.321 e. The smallest absolute Gasteiger partial charge is 0.252 e. The molecule has 0 atom stereocenters. The van der Waals surface area contributed by atoms with Crippen molar-refractivity contribution in [3.05, 3.63) is 34.4 Å². The SMILES string of the molecule is NC1(c2ccc(F)c(Cl)c2F)CC(F)(F)C1. The van der Waals surface area contributed by atoms with Crippen LogP contribution < -0.4 is 5.73 Å². The summed E-state index contributed by atoms with van der Waals surface area (Å²) < 4.78 is 51.8. The zero-order valence-electron chi connectivity index (χ0n) is 8.04. The van der Waals surface area contributed by atoms with E-state index in [-0.39, 0.29) is 5.56 Å². The van der Waals surface area contributed by atoms with E-state index >= 15 is 0 Å². The van der Waals surface area contributed by atoms with E-state index in [4.69, 9.17) is 17.3 Å². The molecule has 1 nitrogen and oxygen atoms in total. The van der Waals surface area contributed by atoms with Crippen molar-refractivity contribution >= 4 is 11.6 Å². The van der Waals surface area contributed by atoms with Gasteiger partial charge in [-0.15, -0.1) is 0 Å². The molecule has 0 aliphatic heterocycles. The third-order valence-electron chi connectivity index (χ3n) is 2.72. The Kier molecular flexibility index (Phi) is 2.44. The van der Waals surface area contributed by atoms with Crippen LogP contribution in [0.1, 0.15) is 18.4 Å². The van der Waals surface area contributed by atoms with E-state index in [0.29, 0.717) is 0 Å². The van der Waals surface area contributed by atoms with Crippen LogP contribution in [0.15, 0.2) is 12.1 Å². The van der Waals surface area contributed by atoms with Gasteiger partial charge in [0.2, 0.25) is 0 Å². The van der Waals surface area contributed by atoms with Crippen molar-refractivity contribution in [2.75, 3.05) is 0 Å². The van der Waals surface area contributed by atoms with Gasteiger partial charge in [-0.25, -0.2) is 17.6 Å². The highest BCUT2D eigenvalue weighted by molar-refractivity contribution is 6.31. The summed E-state index contributed by atoms with van der Waals surface area (Å²) in [6.07, 6.45) is -1.31. The predicted octanol–water partition coefficient (Wildman–Crippen LogP) is 3.20. The van der Waals surface area contributed by atoms with Gasteiger partial charge < -0.3 is 5.73 Å². The van der Waals surface area contributed by atoms with E-state index < -0.39 is 41.0 Å². The monoisotopic (exact) mass is 253 g/mol. The quantitative estimate of drug-likeness (QED) is 0.604. The molecule has 0 spiro atoms. The molecule has 0 amide bonds. The third-order valence-corrected chi connectivity index (χ3v) is 3.07. The van der Waals surface area contributed by atoms with Crippen molar-refractivity contribution in [1.82, 2.24) is 0 Å². The van der Waals surface area contributed by atoms with Crippen molar-refractivity contribution in [3.8, 4) is 0 Å². The van der Waals surface area contributed by atoms with Gasteiger partial charge in [0.05, 0.1) is 5.54 Å². The Bertz CT molecular complexity index is 439. The van der Waals surface area contributed by atoms with Crippen molar-refractivity contribution < 1.29 is 17.6 Å². The van der Waals surface area contributed by atoms with Gasteiger partial charge in [-0.1, -0.05) is 17.7 Å². The van der Waals surface area contributed by atoms with E-state index in [2.05, 4.69) is 0 Å². The molecule has 0 heterocycles. The first-order chi connectivity index (χ1) is 7.25. The average molecular weight is 254 g/mol. The maximum Gasteiger partial charge on any atom is 0.252 e. The first-order valence-electron chi connectivity index (χ1n) is 4.56. The number of rotatable bonds is 1. The molecule has 88 valence electrons. The summed E-state index contributed by atoms with van der Waals surface area (Å²) in [7, 11) is 0. The van der Waals surface area contributed by atoms with E-state index in [1.165, 1.54) is 0 Å². The zero-order valence-corrected chi connectivity index (χ0v) is 8.79. The molecule has 16 heavy (non-hydrogen) atoms. The van der Waals surface area contributed by atoms with Crippen molar-refractivity contribution in [2.45, 2.75) is 24.3 Å². The highest BCUT2D eigenvalue weighted by Crippen LogP contribution is 2.50. The summed E-state index contributed by atoms with van der Waals surface area (Å²) in [5.41, 5.74) is 4.00. The molecule has 1 aliphatic rings. The summed E-state index contributed by atoms with van der Waals surface area (Å²) in [6.45, 7) is 0. The molecule has 0 bridgehead atoms. The minimum atomic E-state index is -2.89.